The Balaban J connectivity index is 1.58. The van der Waals surface area contributed by atoms with Crippen LogP contribution in [0.3, 0.4) is 0 Å². The van der Waals surface area contributed by atoms with E-state index in [0.717, 1.165) is 18.5 Å². The van der Waals surface area contributed by atoms with Gasteiger partial charge in [0.1, 0.15) is 0 Å². The highest BCUT2D eigenvalue weighted by molar-refractivity contribution is 6.30. The quantitative estimate of drug-likeness (QED) is 0.758. The summed E-state index contributed by atoms with van der Waals surface area (Å²) in [5.41, 5.74) is 6.23. The van der Waals surface area contributed by atoms with Crippen LogP contribution in [0.1, 0.15) is 45.3 Å². The minimum Gasteiger partial charge on any atom is -0.281 e. The Kier molecular flexibility index (Phi) is 3.62. The van der Waals surface area contributed by atoms with Gasteiger partial charge in [-0.2, -0.15) is 5.10 Å². The summed E-state index contributed by atoms with van der Waals surface area (Å²) in [4.78, 5) is 23.7. The van der Waals surface area contributed by atoms with Crippen molar-refractivity contribution in [2.75, 3.05) is 0 Å². The molecule has 0 saturated heterocycles. The maximum atomic E-state index is 11.9. The van der Waals surface area contributed by atoms with Crippen LogP contribution in [-0.4, -0.2) is 22.0 Å². The number of aromatic amines is 1. The summed E-state index contributed by atoms with van der Waals surface area (Å²) in [6.45, 7) is 0. The molecule has 6 nitrogen and oxygen atoms in total. The maximum Gasteiger partial charge on any atom is 0.290 e. The van der Waals surface area contributed by atoms with E-state index in [2.05, 4.69) is 21.0 Å². The van der Waals surface area contributed by atoms with Gasteiger partial charge in [0, 0.05) is 22.2 Å². The van der Waals surface area contributed by atoms with Crippen LogP contribution in [0.4, 0.5) is 0 Å². The number of halogens is 1. The van der Waals surface area contributed by atoms with Gasteiger partial charge in [-0.1, -0.05) is 17.7 Å². The van der Waals surface area contributed by atoms with Gasteiger partial charge in [0.05, 0.1) is 0 Å². The maximum absolute atomic E-state index is 11.9. The van der Waals surface area contributed by atoms with Crippen molar-refractivity contribution in [1.29, 1.82) is 0 Å². The molecule has 1 saturated carbocycles. The summed E-state index contributed by atoms with van der Waals surface area (Å²) >= 11 is 5.80. The van der Waals surface area contributed by atoms with E-state index in [4.69, 9.17) is 11.6 Å². The first-order valence-corrected chi connectivity index (χ1v) is 6.93. The van der Waals surface area contributed by atoms with Crippen LogP contribution in [0.5, 0.6) is 0 Å². The molecule has 3 rings (SSSR count). The van der Waals surface area contributed by atoms with E-state index in [9.17, 15) is 9.59 Å². The number of benzene rings is 1. The molecule has 0 spiro atoms. The first kappa shape index (κ1) is 13.6. The molecular formula is C14H13ClN4O2. The zero-order valence-electron chi connectivity index (χ0n) is 11.0. The van der Waals surface area contributed by atoms with Gasteiger partial charge >= 0.3 is 0 Å². The Bertz CT molecular complexity index is 694. The third-order valence-electron chi connectivity index (χ3n) is 3.22. The minimum atomic E-state index is -0.464. The largest absolute Gasteiger partial charge is 0.290 e. The van der Waals surface area contributed by atoms with Crippen molar-refractivity contribution >= 4 is 23.4 Å². The molecule has 0 aliphatic heterocycles. The van der Waals surface area contributed by atoms with Gasteiger partial charge in [0.25, 0.3) is 11.8 Å². The Morgan fingerprint density at radius 3 is 2.67 bits per heavy atom. The van der Waals surface area contributed by atoms with Gasteiger partial charge in [0.2, 0.25) is 0 Å². The molecule has 0 radical (unpaired) electrons. The van der Waals surface area contributed by atoms with Gasteiger partial charge in [-0.25, -0.2) is 0 Å². The summed E-state index contributed by atoms with van der Waals surface area (Å²) < 4.78 is 0. The number of hydrogen-bond acceptors (Lipinski definition) is 3. The molecule has 3 N–H and O–H groups in total. The molecule has 1 aliphatic carbocycles. The van der Waals surface area contributed by atoms with Crippen LogP contribution in [0.2, 0.25) is 5.02 Å². The number of carbonyl (C=O) groups excluding carboxylic acids is 2. The van der Waals surface area contributed by atoms with Gasteiger partial charge in [-0.3, -0.25) is 25.5 Å². The standard InChI is InChI=1S/C14H13ClN4O2/c15-10-3-1-2-9(6-10)13(20)18-19-14(21)12-7-11(16-17-12)8-4-5-8/h1-3,6-8H,4-5H2,(H,16,17)(H,18,20)(H,19,21). The fourth-order valence-electron chi connectivity index (χ4n) is 1.94. The number of aromatic nitrogens is 2. The third-order valence-corrected chi connectivity index (χ3v) is 3.46. The van der Waals surface area contributed by atoms with E-state index in [1.165, 1.54) is 6.07 Å². The fraction of sp³-hybridized carbons (Fsp3) is 0.214. The first-order valence-electron chi connectivity index (χ1n) is 6.55. The van der Waals surface area contributed by atoms with Crippen molar-refractivity contribution in [3.8, 4) is 0 Å². The SMILES string of the molecule is O=C(NNC(=O)c1cc(C2CC2)[nH]n1)c1cccc(Cl)c1. The summed E-state index contributed by atoms with van der Waals surface area (Å²) in [5, 5.41) is 7.22. The van der Waals surface area contributed by atoms with E-state index < -0.39 is 11.8 Å². The molecule has 0 bridgehead atoms. The first-order chi connectivity index (χ1) is 10.1. The predicted octanol–water partition coefficient (Wildman–Crippen LogP) is 2.02. The van der Waals surface area contributed by atoms with Crippen LogP contribution in [0, 0.1) is 0 Å². The molecule has 7 heteroatoms. The Hall–Kier alpha value is -2.34. The second kappa shape index (κ2) is 5.57. The van der Waals surface area contributed by atoms with Crippen molar-refractivity contribution in [2.45, 2.75) is 18.8 Å². The molecule has 1 aromatic heterocycles. The van der Waals surface area contributed by atoms with E-state index in [-0.39, 0.29) is 5.69 Å². The van der Waals surface area contributed by atoms with Gasteiger partial charge in [0.15, 0.2) is 5.69 Å². The molecule has 2 amide bonds. The third kappa shape index (κ3) is 3.22. The van der Waals surface area contributed by atoms with Crippen LogP contribution >= 0.6 is 11.6 Å². The lowest BCUT2D eigenvalue weighted by Crippen LogP contribution is -2.41. The number of hydrazine groups is 1. The highest BCUT2D eigenvalue weighted by Gasteiger charge is 2.26. The lowest BCUT2D eigenvalue weighted by atomic mass is 10.2. The lowest BCUT2D eigenvalue weighted by Gasteiger charge is -2.05. The normalized spacial score (nSPS) is 13.8. The van der Waals surface area contributed by atoms with Crippen molar-refractivity contribution in [2.24, 2.45) is 0 Å². The second-order valence-corrected chi connectivity index (χ2v) is 5.34. The van der Waals surface area contributed by atoms with Gasteiger partial charge in [-0.05, 0) is 37.1 Å². The van der Waals surface area contributed by atoms with E-state index in [1.807, 2.05) is 0 Å². The Labute approximate surface area is 125 Å². The van der Waals surface area contributed by atoms with Crippen LogP contribution in [0.25, 0.3) is 0 Å². The van der Waals surface area contributed by atoms with E-state index in [0.29, 0.717) is 16.5 Å². The van der Waals surface area contributed by atoms with Crippen LogP contribution in [0.15, 0.2) is 30.3 Å². The fourth-order valence-corrected chi connectivity index (χ4v) is 2.13. The molecular weight excluding hydrogens is 292 g/mol. The smallest absolute Gasteiger partial charge is 0.281 e. The van der Waals surface area contributed by atoms with Gasteiger partial charge < -0.3 is 0 Å². The van der Waals surface area contributed by atoms with Gasteiger partial charge in [-0.15, -0.1) is 0 Å². The lowest BCUT2D eigenvalue weighted by molar-refractivity contribution is 0.0844. The highest BCUT2D eigenvalue weighted by atomic mass is 35.5. The molecule has 1 aromatic carbocycles. The number of nitrogens with zero attached hydrogens (tertiary/aromatic N) is 1. The summed E-state index contributed by atoms with van der Waals surface area (Å²) in [6.07, 6.45) is 2.24. The zero-order chi connectivity index (χ0) is 14.8. The number of carbonyl (C=O) groups is 2. The van der Waals surface area contributed by atoms with Crippen molar-refractivity contribution in [1.82, 2.24) is 21.0 Å². The number of amides is 2. The minimum absolute atomic E-state index is 0.253. The molecule has 1 heterocycles. The molecule has 2 aromatic rings. The molecule has 108 valence electrons. The molecule has 0 atom stereocenters. The number of H-pyrrole nitrogens is 1. The average Bonchev–Trinajstić information content (AvgIpc) is 3.22. The van der Waals surface area contributed by atoms with Crippen molar-refractivity contribution in [3.05, 3.63) is 52.3 Å². The van der Waals surface area contributed by atoms with Crippen molar-refractivity contribution < 1.29 is 9.59 Å². The number of hydrogen-bond donors (Lipinski definition) is 3. The molecule has 0 unspecified atom stereocenters. The zero-order valence-corrected chi connectivity index (χ0v) is 11.8. The molecule has 1 aliphatic rings. The summed E-state index contributed by atoms with van der Waals surface area (Å²) in [5.74, 6) is -0.419. The topological polar surface area (TPSA) is 86.9 Å². The summed E-state index contributed by atoms with van der Waals surface area (Å²) in [7, 11) is 0. The summed E-state index contributed by atoms with van der Waals surface area (Å²) in [6, 6.07) is 8.16. The van der Waals surface area contributed by atoms with Crippen molar-refractivity contribution in [3.63, 3.8) is 0 Å². The number of rotatable bonds is 3. The van der Waals surface area contributed by atoms with E-state index in [1.54, 1.807) is 24.3 Å². The Morgan fingerprint density at radius 2 is 1.95 bits per heavy atom. The highest BCUT2D eigenvalue weighted by Crippen LogP contribution is 2.38. The van der Waals surface area contributed by atoms with Crippen LogP contribution in [-0.2, 0) is 0 Å². The Morgan fingerprint density at radius 1 is 1.19 bits per heavy atom. The predicted molar refractivity (Wildman–Crippen MR) is 76.9 cm³/mol. The molecule has 21 heavy (non-hydrogen) atoms. The number of nitrogens with one attached hydrogen (secondary N) is 3. The monoisotopic (exact) mass is 304 g/mol. The average molecular weight is 305 g/mol. The van der Waals surface area contributed by atoms with E-state index >= 15 is 0 Å². The molecule has 1 fully saturated rings. The second-order valence-electron chi connectivity index (χ2n) is 4.90. The van der Waals surface area contributed by atoms with Crippen LogP contribution < -0.4 is 10.9 Å².